The van der Waals surface area contributed by atoms with Gasteiger partial charge in [0.2, 0.25) is 5.91 Å². The number of carbonyl (C=O) groups excluding carboxylic acids is 2. The van der Waals surface area contributed by atoms with Gasteiger partial charge in [-0.1, -0.05) is 17.7 Å². The van der Waals surface area contributed by atoms with Crippen molar-refractivity contribution in [3.63, 3.8) is 0 Å². The lowest BCUT2D eigenvalue weighted by Crippen LogP contribution is -2.43. The summed E-state index contributed by atoms with van der Waals surface area (Å²) in [5, 5.41) is 4.28. The summed E-state index contributed by atoms with van der Waals surface area (Å²) < 4.78 is 6.55. The van der Waals surface area contributed by atoms with Crippen LogP contribution in [0.5, 0.6) is 0 Å². The molecule has 0 aliphatic heterocycles. The molecule has 0 unspecified atom stereocenters. The van der Waals surface area contributed by atoms with Gasteiger partial charge in [0.25, 0.3) is 0 Å². The van der Waals surface area contributed by atoms with E-state index in [4.69, 9.17) is 16.3 Å². The molecular formula is C16H19ClN2O3S. The minimum atomic E-state index is -0.620. The molecule has 23 heavy (non-hydrogen) atoms. The number of methoxy groups -OCH3 is 1. The fourth-order valence-electron chi connectivity index (χ4n) is 2.35. The van der Waals surface area contributed by atoms with E-state index in [1.165, 1.54) is 7.11 Å². The van der Waals surface area contributed by atoms with Crippen LogP contribution in [-0.4, -0.2) is 41.6 Å². The highest BCUT2D eigenvalue weighted by Crippen LogP contribution is 2.24. The summed E-state index contributed by atoms with van der Waals surface area (Å²) in [6.45, 7) is 0.122. The van der Waals surface area contributed by atoms with Crippen molar-refractivity contribution in [3.05, 3.63) is 35.5 Å². The molecule has 1 N–H and O–H groups in total. The van der Waals surface area contributed by atoms with E-state index < -0.39 is 12.0 Å². The van der Waals surface area contributed by atoms with Crippen LogP contribution < -0.4 is 5.32 Å². The smallest absolute Gasteiger partial charge is 0.328 e. The number of fused-ring (bicyclic) bond motifs is 1. The van der Waals surface area contributed by atoms with Crippen molar-refractivity contribution in [1.29, 1.82) is 0 Å². The number of amides is 1. The van der Waals surface area contributed by atoms with Crippen molar-refractivity contribution in [3.8, 4) is 0 Å². The summed E-state index contributed by atoms with van der Waals surface area (Å²) in [4.78, 5) is 24.0. The summed E-state index contributed by atoms with van der Waals surface area (Å²) in [6.07, 6.45) is 4.30. The first kappa shape index (κ1) is 17.7. The molecule has 2 aromatic rings. The molecule has 0 aliphatic rings. The SMILES string of the molecule is COC(=O)[C@@H](CCSC)NC(=O)Cn1ccc2c(Cl)cccc21. The van der Waals surface area contributed by atoms with Crippen LogP contribution in [0, 0.1) is 0 Å². The minimum Gasteiger partial charge on any atom is -0.467 e. The number of aromatic nitrogens is 1. The Morgan fingerprint density at radius 3 is 2.87 bits per heavy atom. The van der Waals surface area contributed by atoms with Crippen molar-refractivity contribution in [2.75, 3.05) is 19.1 Å². The number of carbonyl (C=O) groups is 2. The van der Waals surface area contributed by atoms with Crippen LogP contribution in [0.15, 0.2) is 30.5 Å². The van der Waals surface area contributed by atoms with Crippen LogP contribution >= 0.6 is 23.4 Å². The number of halogens is 1. The van der Waals surface area contributed by atoms with Crippen LogP contribution in [0.4, 0.5) is 0 Å². The zero-order valence-corrected chi connectivity index (χ0v) is 14.6. The van der Waals surface area contributed by atoms with Crippen molar-refractivity contribution in [2.45, 2.75) is 19.0 Å². The predicted molar refractivity (Wildman–Crippen MR) is 93.9 cm³/mol. The number of esters is 1. The highest BCUT2D eigenvalue weighted by molar-refractivity contribution is 7.98. The number of thioether (sulfide) groups is 1. The molecule has 0 saturated carbocycles. The topological polar surface area (TPSA) is 60.3 Å². The normalized spacial score (nSPS) is 12.1. The Morgan fingerprint density at radius 1 is 1.39 bits per heavy atom. The molecule has 124 valence electrons. The van der Waals surface area contributed by atoms with Gasteiger partial charge < -0.3 is 14.6 Å². The van der Waals surface area contributed by atoms with E-state index in [0.717, 1.165) is 16.7 Å². The first-order valence-electron chi connectivity index (χ1n) is 7.16. The summed E-state index contributed by atoms with van der Waals surface area (Å²) in [5.74, 6) is 0.106. The maximum absolute atomic E-state index is 12.3. The standard InChI is InChI=1S/C16H19ClN2O3S/c1-22-16(21)13(7-9-23-2)18-15(20)10-19-8-6-11-12(17)4-3-5-14(11)19/h3-6,8,13H,7,9-10H2,1-2H3,(H,18,20)/t13-/m1/s1. The maximum Gasteiger partial charge on any atom is 0.328 e. The molecule has 0 spiro atoms. The van der Waals surface area contributed by atoms with Crippen LogP contribution in [-0.2, 0) is 20.9 Å². The first-order valence-corrected chi connectivity index (χ1v) is 8.93. The molecule has 0 fully saturated rings. The third kappa shape index (κ3) is 4.42. The Balaban J connectivity index is 2.07. The van der Waals surface area contributed by atoms with E-state index >= 15 is 0 Å². The van der Waals surface area contributed by atoms with Crippen molar-refractivity contribution >= 4 is 46.1 Å². The monoisotopic (exact) mass is 354 g/mol. The summed E-state index contributed by atoms with van der Waals surface area (Å²) in [5.41, 5.74) is 0.881. The Kier molecular flexibility index (Phi) is 6.36. The summed E-state index contributed by atoms with van der Waals surface area (Å²) in [6, 6.07) is 6.81. The van der Waals surface area contributed by atoms with Gasteiger partial charge >= 0.3 is 5.97 Å². The van der Waals surface area contributed by atoms with Gasteiger partial charge in [0.05, 0.1) is 7.11 Å². The van der Waals surface area contributed by atoms with Gasteiger partial charge in [-0.2, -0.15) is 11.8 Å². The zero-order chi connectivity index (χ0) is 16.8. The number of rotatable bonds is 7. The molecule has 1 heterocycles. The Bertz CT molecular complexity index is 702. The number of ether oxygens (including phenoxy) is 1. The van der Waals surface area contributed by atoms with Gasteiger partial charge in [-0.25, -0.2) is 4.79 Å². The van der Waals surface area contributed by atoms with Crippen molar-refractivity contribution < 1.29 is 14.3 Å². The molecule has 5 nitrogen and oxygen atoms in total. The summed E-state index contributed by atoms with van der Waals surface area (Å²) in [7, 11) is 1.32. The Morgan fingerprint density at radius 2 is 2.17 bits per heavy atom. The highest BCUT2D eigenvalue weighted by Gasteiger charge is 2.21. The maximum atomic E-state index is 12.3. The third-order valence-corrected chi connectivity index (χ3v) is 4.48. The van der Waals surface area contributed by atoms with Crippen LogP contribution in [0.3, 0.4) is 0 Å². The van der Waals surface area contributed by atoms with E-state index in [0.29, 0.717) is 11.4 Å². The number of benzene rings is 1. The van der Waals surface area contributed by atoms with Gasteiger partial charge in [0, 0.05) is 22.1 Å². The lowest BCUT2D eigenvalue weighted by atomic mass is 10.2. The quantitative estimate of drug-likeness (QED) is 0.777. The molecule has 1 amide bonds. The second kappa shape index (κ2) is 8.26. The zero-order valence-electron chi connectivity index (χ0n) is 13.0. The number of nitrogens with one attached hydrogen (secondary N) is 1. The first-order chi connectivity index (χ1) is 11.1. The molecule has 1 atom stereocenters. The second-order valence-electron chi connectivity index (χ2n) is 5.04. The van der Waals surface area contributed by atoms with Crippen molar-refractivity contribution in [2.24, 2.45) is 0 Å². The fourth-order valence-corrected chi connectivity index (χ4v) is 3.05. The minimum absolute atomic E-state index is 0.122. The highest BCUT2D eigenvalue weighted by atomic mass is 35.5. The largest absolute Gasteiger partial charge is 0.467 e. The van der Waals surface area contributed by atoms with Crippen LogP contribution in [0.1, 0.15) is 6.42 Å². The van der Waals surface area contributed by atoms with Gasteiger partial charge in [-0.05, 0) is 36.6 Å². The van der Waals surface area contributed by atoms with Gasteiger partial charge in [0.1, 0.15) is 12.6 Å². The molecule has 1 aromatic heterocycles. The van der Waals surface area contributed by atoms with Crippen LogP contribution in [0.2, 0.25) is 5.02 Å². The molecule has 7 heteroatoms. The molecule has 2 rings (SSSR count). The molecule has 0 aliphatic carbocycles. The van der Waals surface area contributed by atoms with Gasteiger partial charge in [-0.15, -0.1) is 0 Å². The molecule has 0 saturated heterocycles. The average molecular weight is 355 g/mol. The third-order valence-electron chi connectivity index (χ3n) is 3.51. The van der Waals surface area contributed by atoms with Gasteiger partial charge in [0.15, 0.2) is 0 Å². The molecule has 0 bridgehead atoms. The lowest BCUT2D eigenvalue weighted by molar-refractivity contribution is -0.145. The summed E-state index contributed by atoms with van der Waals surface area (Å²) >= 11 is 7.75. The van der Waals surface area contributed by atoms with E-state index in [1.807, 2.05) is 36.7 Å². The van der Waals surface area contributed by atoms with Crippen LogP contribution in [0.25, 0.3) is 10.9 Å². The van der Waals surface area contributed by atoms with Gasteiger partial charge in [-0.3, -0.25) is 4.79 Å². The Hall–Kier alpha value is -1.66. The molecular weight excluding hydrogens is 336 g/mol. The second-order valence-corrected chi connectivity index (χ2v) is 6.43. The molecule has 1 aromatic carbocycles. The van der Waals surface area contributed by atoms with E-state index in [2.05, 4.69) is 5.32 Å². The average Bonchev–Trinajstić information content (AvgIpc) is 2.95. The molecule has 0 radical (unpaired) electrons. The number of hydrogen-bond donors (Lipinski definition) is 1. The van der Waals surface area contributed by atoms with E-state index in [9.17, 15) is 9.59 Å². The van der Waals surface area contributed by atoms with E-state index in [-0.39, 0.29) is 12.5 Å². The van der Waals surface area contributed by atoms with E-state index in [1.54, 1.807) is 16.3 Å². The fraction of sp³-hybridized carbons (Fsp3) is 0.375. The Labute approximate surface area is 144 Å². The van der Waals surface area contributed by atoms with Crippen molar-refractivity contribution in [1.82, 2.24) is 9.88 Å². The number of nitrogens with zero attached hydrogens (tertiary/aromatic N) is 1. The predicted octanol–water partition coefficient (Wildman–Crippen LogP) is 2.71. The number of hydrogen-bond acceptors (Lipinski definition) is 4. The lowest BCUT2D eigenvalue weighted by Gasteiger charge is -2.16.